The van der Waals surface area contributed by atoms with Crippen molar-refractivity contribution in [2.24, 2.45) is 5.92 Å². The minimum absolute atomic E-state index is 0.597. The van der Waals surface area contributed by atoms with Crippen molar-refractivity contribution in [1.29, 1.82) is 0 Å². The smallest absolute Gasteiger partial charge is 0.314 e. The maximum atomic E-state index is 6.49. The Labute approximate surface area is 118 Å². The average molecular weight is 306 g/mol. The van der Waals surface area contributed by atoms with Gasteiger partial charge in [-0.25, -0.2) is 0 Å². The van der Waals surface area contributed by atoms with Gasteiger partial charge in [-0.2, -0.15) is 0 Å². The molecule has 0 amide bonds. The minimum atomic E-state index is -2.03. The highest BCUT2D eigenvalue weighted by Crippen LogP contribution is 2.28. The molecule has 0 rings (SSSR count). The Morgan fingerprint density at radius 1 is 0.889 bits per heavy atom. The maximum Gasteiger partial charge on any atom is 0.314 e. The molecule has 1 unspecified atom stereocenters. The van der Waals surface area contributed by atoms with E-state index in [1.54, 1.807) is 0 Å². The third kappa shape index (κ3) is 9.49. The van der Waals surface area contributed by atoms with E-state index < -0.39 is 25.2 Å². The van der Waals surface area contributed by atoms with E-state index in [0.29, 0.717) is 5.92 Å². The number of hydrogen-bond donors (Lipinski definition) is 0. The Morgan fingerprint density at radius 2 is 1.28 bits per heavy atom. The zero-order chi connectivity index (χ0) is 14.6. The molecule has 0 aromatic heterocycles. The first-order valence-corrected chi connectivity index (χ1v) is 16.4. The van der Waals surface area contributed by atoms with E-state index in [4.69, 9.17) is 8.23 Å². The maximum absolute atomic E-state index is 6.49. The first kappa shape index (κ1) is 18.6. The second-order valence-electron chi connectivity index (χ2n) is 7.39. The summed E-state index contributed by atoms with van der Waals surface area (Å²) in [4.78, 5) is 0. The van der Waals surface area contributed by atoms with Crippen LogP contribution in [0.4, 0.5) is 0 Å². The van der Waals surface area contributed by atoms with Crippen LogP contribution in [0, 0.1) is 12.3 Å². The van der Waals surface area contributed by atoms with Crippen LogP contribution in [0.25, 0.3) is 0 Å². The van der Waals surface area contributed by atoms with Crippen molar-refractivity contribution in [3.63, 3.8) is 0 Å². The Hall–Kier alpha value is 0.571. The molecule has 0 aliphatic heterocycles. The van der Waals surface area contributed by atoms with Gasteiger partial charge in [0, 0.05) is 0 Å². The van der Waals surface area contributed by atoms with Gasteiger partial charge in [0.15, 0.2) is 16.6 Å². The van der Waals surface area contributed by atoms with Crippen molar-refractivity contribution in [2.45, 2.75) is 72.1 Å². The van der Waals surface area contributed by atoms with E-state index >= 15 is 0 Å². The molecule has 0 aliphatic carbocycles. The third-order valence-electron chi connectivity index (χ3n) is 2.38. The predicted molar refractivity (Wildman–Crippen MR) is 89.0 cm³/mol. The predicted octanol–water partition coefficient (Wildman–Crippen LogP) is 5.01. The molecule has 0 saturated carbocycles. The van der Waals surface area contributed by atoms with Crippen molar-refractivity contribution >= 4 is 25.2 Å². The summed E-state index contributed by atoms with van der Waals surface area (Å²) in [6.45, 7) is 20.3. The fourth-order valence-electron chi connectivity index (χ4n) is 2.47. The van der Waals surface area contributed by atoms with E-state index in [-0.39, 0.29) is 0 Å². The van der Waals surface area contributed by atoms with Crippen LogP contribution in [-0.4, -0.2) is 25.2 Å². The molecule has 109 valence electrons. The molecule has 1 atom stereocenters. The molecule has 5 heteroatoms. The van der Waals surface area contributed by atoms with Crippen molar-refractivity contribution in [3.05, 3.63) is 6.42 Å². The second-order valence-corrected chi connectivity index (χ2v) is 20.1. The molecule has 0 aromatic rings. The molecular weight excluding hydrogens is 272 g/mol. The van der Waals surface area contributed by atoms with E-state index in [0.717, 1.165) is 12.5 Å². The first-order chi connectivity index (χ1) is 7.87. The van der Waals surface area contributed by atoms with Gasteiger partial charge in [0.25, 0.3) is 0 Å². The largest absolute Gasteiger partial charge is 0.437 e. The molecule has 0 aliphatic rings. The van der Waals surface area contributed by atoms with Gasteiger partial charge < -0.3 is 8.23 Å². The number of rotatable bonds is 8. The lowest BCUT2D eigenvalue weighted by Crippen LogP contribution is -2.53. The summed E-state index contributed by atoms with van der Waals surface area (Å²) in [5, 5.41) is 0. The van der Waals surface area contributed by atoms with E-state index in [1.165, 1.54) is 0 Å². The Kier molecular flexibility index (Phi) is 7.05. The normalized spacial score (nSPS) is 15.8. The summed E-state index contributed by atoms with van der Waals surface area (Å²) in [6, 6.07) is 1.09. The molecule has 0 N–H and O–H groups in total. The molecule has 2 nitrogen and oxygen atoms in total. The van der Waals surface area contributed by atoms with E-state index in [9.17, 15) is 0 Å². The van der Waals surface area contributed by atoms with Crippen molar-refractivity contribution in [2.75, 3.05) is 0 Å². The van der Waals surface area contributed by atoms with Gasteiger partial charge in [0.05, 0.1) is 0 Å². The quantitative estimate of drug-likeness (QED) is 0.587. The van der Waals surface area contributed by atoms with Crippen LogP contribution in [-0.2, 0) is 8.23 Å². The summed E-state index contributed by atoms with van der Waals surface area (Å²) in [6.07, 6.45) is 3.51. The van der Waals surface area contributed by atoms with Gasteiger partial charge in [-0.1, -0.05) is 20.3 Å². The van der Waals surface area contributed by atoms with Gasteiger partial charge in [-0.3, -0.25) is 0 Å². The molecular formula is C13H33O2Si3. The standard InChI is InChI=1S/C13H33O2Si3/c1-10-11-13(2)12-18(9,14-16(3,4)5)15-17(6,7)8/h11,13H,10,12H2,1-9H3. The molecule has 0 fully saturated rings. The molecule has 0 bridgehead atoms. The third-order valence-corrected chi connectivity index (χ3v) is 12.1. The molecule has 0 spiro atoms. The average Bonchev–Trinajstić information content (AvgIpc) is 1.93. The van der Waals surface area contributed by atoms with Crippen LogP contribution in [0.3, 0.4) is 0 Å². The van der Waals surface area contributed by atoms with Crippen LogP contribution in [0.15, 0.2) is 0 Å². The first-order valence-electron chi connectivity index (χ1n) is 7.10. The fraction of sp³-hybridized carbons (Fsp3) is 0.923. The van der Waals surface area contributed by atoms with Gasteiger partial charge >= 0.3 is 8.56 Å². The Morgan fingerprint density at radius 3 is 1.56 bits per heavy atom. The SMILES string of the molecule is CC[CH]C(C)C[Si](C)(O[Si](C)(C)C)O[Si](C)(C)C. The Balaban J connectivity index is 4.80. The number of hydrogen-bond acceptors (Lipinski definition) is 2. The summed E-state index contributed by atoms with van der Waals surface area (Å²) in [5.74, 6) is 0.597. The summed E-state index contributed by atoms with van der Waals surface area (Å²) in [7, 11) is -5.10. The van der Waals surface area contributed by atoms with Crippen molar-refractivity contribution < 1.29 is 8.23 Å². The lowest BCUT2D eigenvalue weighted by atomic mass is 10.1. The molecule has 0 heterocycles. The van der Waals surface area contributed by atoms with Gasteiger partial charge in [0.2, 0.25) is 0 Å². The van der Waals surface area contributed by atoms with E-state index in [2.05, 4.69) is 66.1 Å². The van der Waals surface area contributed by atoms with Crippen molar-refractivity contribution in [1.82, 2.24) is 0 Å². The lowest BCUT2D eigenvalue weighted by Gasteiger charge is -2.39. The second kappa shape index (κ2) is 6.83. The molecule has 1 radical (unpaired) electrons. The lowest BCUT2D eigenvalue weighted by molar-refractivity contribution is 0.374. The zero-order valence-electron chi connectivity index (χ0n) is 13.9. The Bertz CT molecular complexity index is 228. The topological polar surface area (TPSA) is 18.5 Å². The highest BCUT2D eigenvalue weighted by Gasteiger charge is 2.41. The minimum Gasteiger partial charge on any atom is -0.437 e. The van der Waals surface area contributed by atoms with Gasteiger partial charge in [0.1, 0.15) is 0 Å². The molecule has 0 aromatic carbocycles. The van der Waals surface area contributed by atoms with Crippen molar-refractivity contribution in [3.8, 4) is 0 Å². The fourth-order valence-corrected chi connectivity index (χ4v) is 15.4. The van der Waals surface area contributed by atoms with Gasteiger partial charge in [-0.15, -0.1) is 0 Å². The molecule has 0 saturated heterocycles. The van der Waals surface area contributed by atoms with Crippen LogP contribution in [0.5, 0.6) is 0 Å². The molecule has 18 heavy (non-hydrogen) atoms. The summed E-state index contributed by atoms with van der Waals surface area (Å²) < 4.78 is 13.0. The van der Waals surface area contributed by atoms with Crippen LogP contribution < -0.4 is 0 Å². The van der Waals surface area contributed by atoms with Crippen LogP contribution in [0.2, 0.25) is 51.9 Å². The highest BCUT2D eigenvalue weighted by atomic mass is 28.5. The summed E-state index contributed by atoms with van der Waals surface area (Å²) >= 11 is 0. The monoisotopic (exact) mass is 305 g/mol. The zero-order valence-corrected chi connectivity index (χ0v) is 16.9. The van der Waals surface area contributed by atoms with E-state index in [1.807, 2.05) is 0 Å². The summed E-state index contributed by atoms with van der Waals surface area (Å²) in [5.41, 5.74) is 0. The van der Waals surface area contributed by atoms with Gasteiger partial charge in [-0.05, 0) is 64.2 Å². The van der Waals surface area contributed by atoms with Crippen LogP contribution in [0.1, 0.15) is 20.3 Å². The highest BCUT2D eigenvalue weighted by molar-refractivity contribution is 6.87. The van der Waals surface area contributed by atoms with Crippen LogP contribution >= 0.6 is 0 Å².